The van der Waals surface area contributed by atoms with Crippen molar-refractivity contribution >= 4 is 5.78 Å². The molecule has 0 aliphatic carbocycles. The Balaban J connectivity index is 2.88. The van der Waals surface area contributed by atoms with Gasteiger partial charge < -0.3 is 4.90 Å². The van der Waals surface area contributed by atoms with E-state index in [9.17, 15) is 4.79 Å². The summed E-state index contributed by atoms with van der Waals surface area (Å²) in [4.78, 5) is 12.9. The van der Waals surface area contributed by atoms with E-state index in [-0.39, 0.29) is 5.78 Å². The third kappa shape index (κ3) is 0.753. The first-order valence-corrected chi connectivity index (χ1v) is 3.50. The zero-order valence-corrected chi connectivity index (χ0v) is 6.93. The van der Waals surface area contributed by atoms with E-state index >= 15 is 0 Å². The van der Waals surface area contributed by atoms with Crippen LogP contribution in [-0.4, -0.2) is 23.8 Å². The van der Waals surface area contributed by atoms with E-state index in [1.807, 2.05) is 18.9 Å². The van der Waals surface area contributed by atoms with Crippen molar-refractivity contribution in [2.24, 2.45) is 0 Å². The Labute approximate surface area is 61.5 Å². The third-order valence-electron chi connectivity index (χ3n) is 2.27. The number of hydrogen-bond acceptors (Lipinski definition) is 2. The zero-order valence-electron chi connectivity index (χ0n) is 6.93. The molecule has 1 unspecified atom stereocenters. The first kappa shape index (κ1) is 7.32. The van der Waals surface area contributed by atoms with Crippen molar-refractivity contribution in [2.75, 3.05) is 7.05 Å². The first-order chi connectivity index (χ1) is 4.55. The van der Waals surface area contributed by atoms with Gasteiger partial charge in [-0.05, 0) is 19.4 Å². The van der Waals surface area contributed by atoms with Crippen LogP contribution < -0.4 is 0 Å². The maximum atomic E-state index is 10.9. The summed E-state index contributed by atoms with van der Waals surface area (Å²) in [6.45, 7) is 5.73. The molecule has 1 aliphatic rings. The van der Waals surface area contributed by atoms with E-state index < -0.39 is 0 Å². The van der Waals surface area contributed by atoms with E-state index in [1.165, 1.54) is 5.57 Å². The topological polar surface area (TPSA) is 20.3 Å². The highest BCUT2D eigenvalue weighted by Crippen LogP contribution is 2.28. The molecule has 1 heterocycles. The lowest BCUT2D eigenvalue weighted by atomic mass is 9.95. The van der Waals surface area contributed by atoms with E-state index in [2.05, 4.69) is 6.92 Å². The van der Waals surface area contributed by atoms with E-state index in [4.69, 9.17) is 0 Å². The Morgan fingerprint density at radius 2 is 2.10 bits per heavy atom. The molecule has 0 radical (unpaired) electrons. The van der Waals surface area contributed by atoms with Crippen LogP contribution in [0.15, 0.2) is 11.3 Å². The molecule has 0 amide bonds. The molecule has 2 heteroatoms. The summed E-state index contributed by atoms with van der Waals surface area (Å²) in [7, 11) is 1.95. The fourth-order valence-electron chi connectivity index (χ4n) is 1.42. The maximum Gasteiger partial charge on any atom is 0.175 e. The second-order valence-electron chi connectivity index (χ2n) is 2.87. The smallest absolute Gasteiger partial charge is 0.175 e. The van der Waals surface area contributed by atoms with Gasteiger partial charge in [-0.2, -0.15) is 0 Å². The van der Waals surface area contributed by atoms with Gasteiger partial charge in [-0.1, -0.05) is 0 Å². The highest BCUT2D eigenvalue weighted by atomic mass is 16.1. The zero-order chi connectivity index (χ0) is 7.89. The van der Waals surface area contributed by atoms with Crippen LogP contribution in [0.1, 0.15) is 20.8 Å². The molecule has 0 fully saturated rings. The highest BCUT2D eigenvalue weighted by Gasteiger charge is 2.30. The second-order valence-corrected chi connectivity index (χ2v) is 2.87. The maximum absolute atomic E-state index is 10.9. The number of rotatable bonds is 1. The average Bonchev–Trinajstić information content (AvgIpc) is 1.87. The number of hydrogen-bond donors (Lipinski definition) is 0. The minimum Gasteiger partial charge on any atom is -0.365 e. The molecule has 0 bridgehead atoms. The van der Waals surface area contributed by atoms with Gasteiger partial charge in [0, 0.05) is 20.0 Å². The summed E-state index contributed by atoms with van der Waals surface area (Å²) in [6, 6.07) is 0.457. The summed E-state index contributed by atoms with van der Waals surface area (Å²) in [5.41, 5.74) is 2.11. The summed E-state index contributed by atoms with van der Waals surface area (Å²) < 4.78 is 0. The van der Waals surface area contributed by atoms with Crippen molar-refractivity contribution in [1.82, 2.24) is 4.90 Å². The fourth-order valence-corrected chi connectivity index (χ4v) is 1.42. The molecule has 0 saturated carbocycles. The number of carbonyl (C=O) groups excluding carboxylic acids is 1. The fraction of sp³-hybridized carbons (Fsp3) is 0.625. The lowest BCUT2D eigenvalue weighted by Gasteiger charge is -2.40. The molecule has 56 valence electrons. The van der Waals surface area contributed by atoms with Gasteiger partial charge in [0.05, 0.1) is 5.70 Å². The van der Waals surface area contributed by atoms with Crippen molar-refractivity contribution in [1.29, 1.82) is 0 Å². The Morgan fingerprint density at radius 3 is 2.30 bits per heavy atom. The van der Waals surface area contributed by atoms with E-state index in [1.54, 1.807) is 6.92 Å². The van der Waals surface area contributed by atoms with Crippen molar-refractivity contribution in [3.63, 3.8) is 0 Å². The lowest BCUT2D eigenvalue weighted by Crippen LogP contribution is -2.43. The first-order valence-electron chi connectivity index (χ1n) is 3.50. The molecule has 10 heavy (non-hydrogen) atoms. The second kappa shape index (κ2) is 2.11. The largest absolute Gasteiger partial charge is 0.365 e. The molecule has 0 spiro atoms. The van der Waals surface area contributed by atoms with Gasteiger partial charge in [-0.3, -0.25) is 4.79 Å². The molecular weight excluding hydrogens is 126 g/mol. The average molecular weight is 139 g/mol. The molecule has 1 atom stereocenters. The minimum absolute atomic E-state index is 0.179. The van der Waals surface area contributed by atoms with Crippen molar-refractivity contribution in [3.05, 3.63) is 11.3 Å². The van der Waals surface area contributed by atoms with E-state index in [0.717, 1.165) is 5.70 Å². The SMILES string of the molecule is CC(=O)C1=C(C)C(C)N1C. The van der Waals surface area contributed by atoms with E-state index in [0.29, 0.717) is 6.04 Å². The molecule has 0 aromatic heterocycles. The lowest BCUT2D eigenvalue weighted by molar-refractivity contribution is -0.115. The normalized spacial score (nSPS) is 24.8. The number of ketones is 1. The Kier molecular flexibility index (Phi) is 1.55. The van der Waals surface area contributed by atoms with Gasteiger partial charge >= 0.3 is 0 Å². The predicted molar refractivity (Wildman–Crippen MR) is 40.6 cm³/mol. The Morgan fingerprint density at radius 1 is 1.60 bits per heavy atom. The number of likely N-dealkylation sites (N-methyl/N-ethyl adjacent to an activating group) is 1. The molecule has 1 aliphatic heterocycles. The van der Waals surface area contributed by atoms with Crippen LogP contribution in [0.2, 0.25) is 0 Å². The van der Waals surface area contributed by atoms with Gasteiger partial charge in [0.2, 0.25) is 0 Å². The monoisotopic (exact) mass is 139 g/mol. The predicted octanol–water partition coefficient (Wildman–Crippen LogP) is 1.18. The van der Waals surface area contributed by atoms with Gasteiger partial charge in [0.25, 0.3) is 0 Å². The standard InChI is InChI=1S/C8H13NO/c1-5-6(2)9(4)8(5)7(3)10/h6H,1-4H3. The van der Waals surface area contributed by atoms with Gasteiger partial charge in [-0.25, -0.2) is 0 Å². The minimum atomic E-state index is 0.179. The van der Waals surface area contributed by atoms with Crippen molar-refractivity contribution < 1.29 is 4.79 Å². The molecular formula is C8H13NO. The molecule has 0 aromatic rings. The molecule has 1 rings (SSSR count). The quantitative estimate of drug-likeness (QED) is 0.543. The van der Waals surface area contributed by atoms with Crippen LogP contribution in [0.5, 0.6) is 0 Å². The molecule has 2 nitrogen and oxygen atoms in total. The molecule has 0 aromatic carbocycles. The van der Waals surface area contributed by atoms with Crippen molar-refractivity contribution in [3.8, 4) is 0 Å². The molecule has 0 saturated heterocycles. The van der Waals surface area contributed by atoms with Crippen LogP contribution in [-0.2, 0) is 4.79 Å². The Bertz CT molecular complexity index is 205. The molecule has 0 N–H and O–H groups in total. The van der Waals surface area contributed by atoms with Crippen LogP contribution in [0.25, 0.3) is 0 Å². The number of carbonyl (C=O) groups is 1. The van der Waals surface area contributed by atoms with Crippen LogP contribution in [0, 0.1) is 0 Å². The summed E-state index contributed by atoms with van der Waals surface area (Å²) in [5, 5.41) is 0. The van der Waals surface area contributed by atoms with Crippen LogP contribution in [0.3, 0.4) is 0 Å². The number of allylic oxidation sites excluding steroid dienone is 1. The summed E-state index contributed by atoms with van der Waals surface area (Å²) >= 11 is 0. The summed E-state index contributed by atoms with van der Waals surface area (Å²) in [6.07, 6.45) is 0. The number of nitrogens with zero attached hydrogens (tertiary/aromatic N) is 1. The highest BCUT2D eigenvalue weighted by molar-refractivity contribution is 5.95. The van der Waals surface area contributed by atoms with Gasteiger partial charge in [-0.15, -0.1) is 0 Å². The third-order valence-corrected chi connectivity index (χ3v) is 2.27. The van der Waals surface area contributed by atoms with Gasteiger partial charge in [0.15, 0.2) is 5.78 Å². The van der Waals surface area contributed by atoms with Crippen LogP contribution >= 0.6 is 0 Å². The summed E-state index contributed by atoms with van der Waals surface area (Å²) in [5.74, 6) is 0.179. The van der Waals surface area contributed by atoms with Gasteiger partial charge in [0.1, 0.15) is 0 Å². The number of Topliss-reactive ketones (excluding diaryl/α,β-unsaturated/α-hetero) is 1. The van der Waals surface area contributed by atoms with Crippen LogP contribution in [0.4, 0.5) is 0 Å². The Hall–Kier alpha value is -0.790. The van der Waals surface area contributed by atoms with Crippen molar-refractivity contribution in [2.45, 2.75) is 26.8 Å².